The lowest BCUT2D eigenvalue weighted by Crippen LogP contribution is -2.60. The zero-order valence-electron chi connectivity index (χ0n) is 15.1. The molecule has 0 spiro atoms. The van der Waals surface area contributed by atoms with Gasteiger partial charge in [0.2, 0.25) is 0 Å². The third-order valence-corrected chi connectivity index (χ3v) is 4.87. The van der Waals surface area contributed by atoms with E-state index in [9.17, 15) is 53.1 Å². The molecule has 0 amide bonds. The summed E-state index contributed by atoms with van der Waals surface area (Å²) in [7, 11) is 0. The van der Waals surface area contributed by atoms with E-state index in [2.05, 4.69) is 0 Å². The molecule has 1 unspecified atom stereocenters. The van der Waals surface area contributed by atoms with Gasteiger partial charge in [0.1, 0.15) is 5.92 Å². The molecule has 2 nitrogen and oxygen atoms in total. The highest BCUT2D eigenvalue weighted by molar-refractivity contribution is 14.1. The van der Waals surface area contributed by atoms with Gasteiger partial charge in [0, 0.05) is 10.0 Å². The zero-order valence-corrected chi connectivity index (χ0v) is 17.3. The van der Waals surface area contributed by atoms with Crippen LogP contribution in [0.3, 0.4) is 0 Å². The maximum atomic E-state index is 13.9. The molecule has 0 aromatic rings. The van der Waals surface area contributed by atoms with Crippen molar-refractivity contribution < 1.29 is 58.2 Å². The normalized spacial score (nSPS) is 20.6. The fraction of sp³-hybridized carbons (Fsp3) is 0.588. The number of allylic oxidation sites excluding steroid dienone is 5. The second kappa shape index (κ2) is 9.25. The lowest BCUT2D eigenvalue weighted by Gasteiger charge is -2.33. The van der Waals surface area contributed by atoms with Crippen LogP contribution in [-0.2, 0) is 4.79 Å². The van der Waals surface area contributed by atoms with Crippen molar-refractivity contribution in [2.24, 2.45) is 5.92 Å². The van der Waals surface area contributed by atoms with Gasteiger partial charge in [-0.3, -0.25) is 4.79 Å². The van der Waals surface area contributed by atoms with Crippen molar-refractivity contribution in [2.75, 3.05) is 0 Å². The van der Waals surface area contributed by atoms with Crippen LogP contribution in [0, 0.1) is 5.92 Å². The number of rotatable bonds is 9. The maximum Gasteiger partial charge on any atom is 0.460 e. The summed E-state index contributed by atoms with van der Waals surface area (Å²) in [6.07, 6.45) is -6.94. The van der Waals surface area contributed by atoms with E-state index in [1.807, 2.05) is 0 Å². The third-order valence-electron chi connectivity index (χ3n) is 4.24. The highest BCUT2D eigenvalue weighted by Crippen LogP contribution is 2.54. The van der Waals surface area contributed by atoms with Crippen LogP contribution in [-0.4, -0.2) is 40.9 Å². The van der Waals surface area contributed by atoms with Crippen molar-refractivity contribution in [3.05, 3.63) is 33.5 Å². The van der Waals surface area contributed by atoms with Gasteiger partial charge >= 0.3 is 29.9 Å². The number of alkyl halides is 11. The highest BCUT2D eigenvalue weighted by atomic mass is 127. The molecule has 14 heteroatoms. The molecular weight excluding hydrogens is 572 g/mol. The molecule has 0 heterocycles. The minimum Gasteiger partial charge on any atom is -0.481 e. The molecule has 0 fully saturated rings. The number of hydrogen-bond donors (Lipinski definition) is 1. The number of hydrogen-bond acceptors (Lipinski definition) is 1. The summed E-state index contributed by atoms with van der Waals surface area (Å²) in [5.41, 5.74) is -0.181. The SMILES string of the molecule is O=C(O)C1C(CCCC=CCC(F)(F)C(F)(F)C(F)(F)C(F)(F)F)=CC(I)=CC1(F)F. The van der Waals surface area contributed by atoms with E-state index in [1.165, 1.54) is 28.7 Å². The van der Waals surface area contributed by atoms with Gasteiger partial charge in [0.25, 0.3) is 5.92 Å². The lowest BCUT2D eigenvalue weighted by molar-refractivity contribution is -0.395. The smallest absolute Gasteiger partial charge is 0.460 e. The van der Waals surface area contributed by atoms with Crippen molar-refractivity contribution in [3.63, 3.8) is 0 Å². The van der Waals surface area contributed by atoms with E-state index in [-0.39, 0.29) is 34.5 Å². The van der Waals surface area contributed by atoms with E-state index in [1.54, 1.807) is 0 Å². The quantitative estimate of drug-likeness (QED) is 0.135. The monoisotopic (exact) mass is 586 g/mol. The summed E-state index contributed by atoms with van der Waals surface area (Å²) in [5, 5.41) is 9.00. The Morgan fingerprint density at radius 1 is 1.03 bits per heavy atom. The van der Waals surface area contributed by atoms with Crippen molar-refractivity contribution in [3.8, 4) is 0 Å². The summed E-state index contributed by atoms with van der Waals surface area (Å²) >= 11 is 1.53. The van der Waals surface area contributed by atoms with Crippen LogP contribution in [0.25, 0.3) is 0 Å². The molecule has 1 N–H and O–H groups in total. The van der Waals surface area contributed by atoms with Crippen LogP contribution in [0.5, 0.6) is 0 Å². The van der Waals surface area contributed by atoms with Gasteiger partial charge in [-0.1, -0.05) is 12.2 Å². The second-order valence-corrected chi connectivity index (χ2v) is 7.86. The molecule has 31 heavy (non-hydrogen) atoms. The van der Waals surface area contributed by atoms with Crippen LogP contribution in [0.4, 0.5) is 48.3 Å². The second-order valence-electron chi connectivity index (χ2n) is 6.61. The summed E-state index contributed by atoms with van der Waals surface area (Å²) in [4.78, 5) is 11.1. The van der Waals surface area contributed by atoms with Gasteiger partial charge < -0.3 is 5.11 Å². The number of carbonyl (C=O) groups is 1. The van der Waals surface area contributed by atoms with Gasteiger partial charge in [-0.25, -0.2) is 8.78 Å². The van der Waals surface area contributed by atoms with E-state index >= 15 is 0 Å². The fourth-order valence-corrected chi connectivity index (χ4v) is 3.48. The van der Waals surface area contributed by atoms with Crippen molar-refractivity contribution in [1.82, 2.24) is 0 Å². The van der Waals surface area contributed by atoms with Crippen molar-refractivity contribution >= 4 is 28.6 Å². The van der Waals surface area contributed by atoms with Crippen LogP contribution < -0.4 is 0 Å². The summed E-state index contributed by atoms with van der Waals surface area (Å²) < 4.78 is 142. The van der Waals surface area contributed by atoms with Crippen molar-refractivity contribution in [1.29, 1.82) is 0 Å². The van der Waals surface area contributed by atoms with Crippen molar-refractivity contribution in [2.45, 2.75) is 55.5 Å². The van der Waals surface area contributed by atoms with Crippen LogP contribution in [0.2, 0.25) is 0 Å². The molecular formula is C17H14F11IO2. The molecule has 0 aromatic carbocycles. The number of carboxylic acid groups (broad SMARTS) is 1. The average molecular weight is 586 g/mol. The number of unbranched alkanes of at least 4 members (excludes halogenated alkanes) is 1. The predicted molar refractivity (Wildman–Crippen MR) is 94.8 cm³/mol. The minimum atomic E-state index is -6.97. The summed E-state index contributed by atoms with van der Waals surface area (Å²) in [6.45, 7) is 0. The van der Waals surface area contributed by atoms with Crippen LogP contribution >= 0.6 is 22.6 Å². The molecule has 1 rings (SSSR count). The zero-order chi connectivity index (χ0) is 24.5. The summed E-state index contributed by atoms with van der Waals surface area (Å²) in [5.74, 6) is -27.1. The molecule has 0 saturated heterocycles. The number of carboxylic acids is 1. The Bertz CT molecular complexity index is 767. The molecule has 1 aliphatic carbocycles. The Kier molecular flexibility index (Phi) is 8.26. The first-order chi connectivity index (χ1) is 13.8. The van der Waals surface area contributed by atoms with Crippen LogP contribution in [0.15, 0.2) is 33.5 Å². The van der Waals surface area contributed by atoms with Gasteiger partial charge in [-0.15, -0.1) is 0 Å². The Morgan fingerprint density at radius 3 is 2.06 bits per heavy atom. The lowest BCUT2D eigenvalue weighted by atomic mass is 9.85. The van der Waals surface area contributed by atoms with Crippen LogP contribution in [0.1, 0.15) is 25.7 Å². The highest BCUT2D eigenvalue weighted by Gasteiger charge is 2.81. The Labute approximate surface area is 182 Å². The van der Waals surface area contributed by atoms with Gasteiger partial charge in [-0.05, 0) is 59.6 Å². The van der Waals surface area contributed by atoms with Gasteiger partial charge in [-0.2, -0.15) is 39.5 Å². The standard InChI is InChI=1S/C17H14F11IO2/c18-13(19)8-10(29)7-9(11(13)12(30)31)5-3-1-2-4-6-14(20,21)15(22,23)16(24,25)17(26,27)28/h2,4,7-8,11H,1,3,5-6H2,(H,30,31). The Morgan fingerprint density at radius 2 is 1.58 bits per heavy atom. The topological polar surface area (TPSA) is 37.3 Å². The van der Waals surface area contributed by atoms with E-state index in [0.29, 0.717) is 6.08 Å². The number of aliphatic carboxylic acids is 1. The molecule has 0 bridgehead atoms. The fourth-order valence-electron chi connectivity index (χ4n) is 2.67. The third kappa shape index (κ3) is 5.92. The molecule has 0 aliphatic heterocycles. The minimum absolute atomic E-state index is 0.0538. The first kappa shape index (κ1) is 27.7. The molecule has 0 radical (unpaired) electrons. The van der Waals surface area contributed by atoms with Gasteiger partial charge in [0.15, 0.2) is 0 Å². The Balaban J connectivity index is 2.74. The Hall–Kier alpha value is -1.35. The number of halogens is 12. The average Bonchev–Trinajstić information content (AvgIpc) is 2.54. The molecule has 178 valence electrons. The van der Waals surface area contributed by atoms with E-state index < -0.39 is 48.2 Å². The van der Waals surface area contributed by atoms with E-state index in [0.717, 1.165) is 6.08 Å². The largest absolute Gasteiger partial charge is 0.481 e. The molecule has 0 saturated carbocycles. The predicted octanol–water partition coefficient (Wildman–Crippen LogP) is 7.17. The molecule has 1 aliphatic rings. The van der Waals surface area contributed by atoms with E-state index in [4.69, 9.17) is 5.11 Å². The first-order valence-electron chi connectivity index (χ1n) is 8.32. The maximum absolute atomic E-state index is 13.9. The molecule has 0 aromatic heterocycles. The molecule has 1 atom stereocenters. The van der Waals surface area contributed by atoms with Gasteiger partial charge in [0.05, 0.1) is 0 Å². The first-order valence-corrected chi connectivity index (χ1v) is 9.40. The summed E-state index contributed by atoms with van der Waals surface area (Å²) in [6, 6.07) is 0.